The Balaban J connectivity index is 1.72. The van der Waals surface area contributed by atoms with Crippen LogP contribution in [0.5, 0.6) is 0 Å². The average Bonchev–Trinajstić information content (AvgIpc) is 3.35. The summed E-state index contributed by atoms with van der Waals surface area (Å²) in [7, 11) is 0. The summed E-state index contributed by atoms with van der Waals surface area (Å²) in [5.41, 5.74) is 1.68. The summed E-state index contributed by atoms with van der Waals surface area (Å²) in [6, 6.07) is 8.82. The molecule has 6 heteroatoms. The highest BCUT2D eigenvalue weighted by molar-refractivity contribution is 6.42. The summed E-state index contributed by atoms with van der Waals surface area (Å²) in [6.45, 7) is 3.06. The maximum Gasteiger partial charge on any atom is 0.227 e. The number of carbonyl (C=O) groups excluding carboxylic acids is 1. The number of hydrogen-bond acceptors (Lipinski definition) is 3. The van der Waals surface area contributed by atoms with Gasteiger partial charge in [-0.3, -0.25) is 9.78 Å². The van der Waals surface area contributed by atoms with Crippen molar-refractivity contribution in [2.75, 3.05) is 13.1 Å². The zero-order chi connectivity index (χ0) is 18.7. The number of pyridine rings is 1. The second kappa shape index (κ2) is 7.95. The first-order chi connectivity index (χ1) is 12.4. The van der Waals surface area contributed by atoms with Gasteiger partial charge in [-0.1, -0.05) is 42.3 Å². The Kier molecular flexibility index (Phi) is 5.86. The lowest BCUT2D eigenvalue weighted by molar-refractivity contribution is -0.132. The third-order valence-corrected chi connectivity index (χ3v) is 5.57. The van der Waals surface area contributed by atoms with Crippen LogP contribution in [0.4, 0.5) is 0 Å². The van der Waals surface area contributed by atoms with Gasteiger partial charge in [-0.15, -0.1) is 0 Å². The first kappa shape index (κ1) is 19.2. The van der Waals surface area contributed by atoms with E-state index in [1.165, 1.54) is 0 Å². The average molecular weight is 393 g/mol. The molecule has 1 aromatic carbocycles. The summed E-state index contributed by atoms with van der Waals surface area (Å²) >= 11 is 12.0. The third kappa shape index (κ3) is 4.97. The predicted octanol–water partition coefficient (Wildman–Crippen LogP) is 4.29. The first-order valence-corrected chi connectivity index (χ1v) is 9.42. The Morgan fingerprint density at radius 1 is 1.31 bits per heavy atom. The van der Waals surface area contributed by atoms with Gasteiger partial charge in [0.1, 0.15) is 0 Å². The zero-order valence-electron chi connectivity index (χ0n) is 14.7. The first-order valence-electron chi connectivity index (χ1n) is 8.66. The topological polar surface area (TPSA) is 53.4 Å². The maximum absolute atomic E-state index is 12.9. The lowest BCUT2D eigenvalue weighted by Gasteiger charge is -2.28. The van der Waals surface area contributed by atoms with Crippen molar-refractivity contribution in [2.45, 2.75) is 32.3 Å². The Labute approximate surface area is 163 Å². The molecule has 26 heavy (non-hydrogen) atoms. The minimum atomic E-state index is -0.760. The van der Waals surface area contributed by atoms with E-state index in [4.69, 9.17) is 23.2 Å². The van der Waals surface area contributed by atoms with Crippen molar-refractivity contribution in [1.82, 2.24) is 9.88 Å². The molecule has 3 rings (SSSR count). The highest BCUT2D eigenvalue weighted by atomic mass is 35.5. The fraction of sp³-hybridized carbons (Fsp3) is 0.400. The Morgan fingerprint density at radius 3 is 2.69 bits per heavy atom. The molecule has 1 atom stereocenters. The number of aliphatic hydroxyl groups excluding tert-OH is 1. The molecular weight excluding hydrogens is 371 g/mol. The molecule has 4 nitrogen and oxygen atoms in total. The molecule has 1 heterocycles. The van der Waals surface area contributed by atoms with Crippen LogP contribution in [0.3, 0.4) is 0 Å². The summed E-state index contributed by atoms with van der Waals surface area (Å²) in [5.74, 6) is -0.0283. The van der Waals surface area contributed by atoms with E-state index in [1.54, 1.807) is 41.6 Å². The molecule has 1 saturated carbocycles. The number of nitrogens with zero attached hydrogens (tertiary/aromatic N) is 2. The molecular formula is C20H22Cl2N2O2. The van der Waals surface area contributed by atoms with E-state index < -0.39 is 6.10 Å². The normalized spacial score (nSPS) is 16.2. The fourth-order valence-corrected chi connectivity index (χ4v) is 3.23. The van der Waals surface area contributed by atoms with Crippen molar-refractivity contribution in [1.29, 1.82) is 0 Å². The number of halogens is 2. The number of aliphatic hydroxyl groups is 1. The van der Waals surface area contributed by atoms with Crippen LogP contribution in [0.25, 0.3) is 0 Å². The van der Waals surface area contributed by atoms with Crippen molar-refractivity contribution < 1.29 is 9.90 Å². The molecule has 2 aromatic rings. The summed E-state index contributed by atoms with van der Waals surface area (Å²) in [5, 5.41) is 11.4. The van der Waals surface area contributed by atoms with Gasteiger partial charge in [0.25, 0.3) is 0 Å². The second-order valence-corrected chi connectivity index (χ2v) is 8.13. The molecule has 1 aliphatic carbocycles. The second-order valence-electron chi connectivity index (χ2n) is 7.31. The van der Waals surface area contributed by atoms with Crippen molar-refractivity contribution in [3.05, 3.63) is 63.9 Å². The number of aromatic nitrogens is 1. The number of rotatable bonds is 7. The van der Waals surface area contributed by atoms with Gasteiger partial charge in [0, 0.05) is 24.5 Å². The van der Waals surface area contributed by atoms with Crippen LogP contribution in [0.1, 0.15) is 37.0 Å². The van der Waals surface area contributed by atoms with E-state index >= 15 is 0 Å². The predicted molar refractivity (Wildman–Crippen MR) is 103 cm³/mol. The molecule has 1 N–H and O–H groups in total. The standard InChI is InChI=1S/C20H22Cl2N2O2/c1-20(6-7-20)13-24(12-18(25)15-3-2-8-23-11-15)19(26)10-14-4-5-16(21)17(22)9-14/h2-5,8-9,11,18,25H,6-7,10,12-13H2,1H3/t18-/m1/s1. The molecule has 0 saturated heterocycles. The van der Waals surface area contributed by atoms with Crippen LogP contribution in [0.15, 0.2) is 42.7 Å². The van der Waals surface area contributed by atoms with Gasteiger partial charge in [0.2, 0.25) is 5.91 Å². The number of benzene rings is 1. The van der Waals surface area contributed by atoms with Gasteiger partial charge in [0.15, 0.2) is 0 Å². The Morgan fingerprint density at radius 2 is 2.08 bits per heavy atom. The molecule has 0 radical (unpaired) electrons. The van der Waals surface area contributed by atoms with E-state index in [0.717, 1.165) is 18.4 Å². The zero-order valence-corrected chi connectivity index (χ0v) is 16.2. The maximum atomic E-state index is 12.9. The van der Waals surface area contributed by atoms with E-state index in [1.807, 2.05) is 6.07 Å². The highest BCUT2D eigenvalue weighted by Crippen LogP contribution is 2.45. The molecule has 0 aliphatic heterocycles. The van der Waals surface area contributed by atoms with Crippen LogP contribution in [-0.2, 0) is 11.2 Å². The molecule has 1 aromatic heterocycles. The van der Waals surface area contributed by atoms with E-state index in [9.17, 15) is 9.90 Å². The third-order valence-electron chi connectivity index (χ3n) is 4.83. The molecule has 0 spiro atoms. The molecule has 1 aliphatic rings. The summed E-state index contributed by atoms with van der Waals surface area (Å²) in [6.07, 6.45) is 4.97. The lowest BCUT2D eigenvalue weighted by atomic mass is 10.1. The van der Waals surface area contributed by atoms with E-state index in [-0.39, 0.29) is 24.3 Å². The van der Waals surface area contributed by atoms with Crippen molar-refractivity contribution in [3.63, 3.8) is 0 Å². The number of carbonyl (C=O) groups is 1. The quantitative estimate of drug-likeness (QED) is 0.764. The van der Waals surface area contributed by atoms with Crippen LogP contribution in [0.2, 0.25) is 10.0 Å². The number of amides is 1. The summed E-state index contributed by atoms with van der Waals surface area (Å²) in [4.78, 5) is 18.7. The van der Waals surface area contributed by atoms with Crippen molar-refractivity contribution >= 4 is 29.1 Å². The minimum absolute atomic E-state index is 0.0283. The van der Waals surface area contributed by atoms with E-state index in [0.29, 0.717) is 22.2 Å². The van der Waals surface area contributed by atoms with Gasteiger partial charge in [-0.05, 0) is 42.0 Å². The van der Waals surface area contributed by atoms with Crippen molar-refractivity contribution in [3.8, 4) is 0 Å². The Hall–Kier alpha value is -1.62. The highest BCUT2D eigenvalue weighted by Gasteiger charge is 2.40. The van der Waals surface area contributed by atoms with Gasteiger partial charge < -0.3 is 10.0 Å². The largest absolute Gasteiger partial charge is 0.386 e. The van der Waals surface area contributed by atoms with Gasteiger partial charge in [-0.2, -0.15) is 0 Å². The van der Waals surface area contributed by atoms with Crippen LogP contribution >= 0.6 is 23.2 Å². The molecule has 0 unspecified atom stereocenters. The van der Waals surface area contributed by atoms with Gasteiger partial charge >= 0.3 is 0 Å². The lowest BCUT2D eigenvalue weighted by Crippen LogP contribution is -2.39. The van der Waals surface area contributed by atoms with Crippen molar-refractivity contribution in [2.24, 2.45) is 5.41 Å². The fourth-order valence-electron chi connectivity index (χ4n) is 2.91. The molecule has 0 bridgehead atoms. The molecule has 138 valence electrons. The molecule has 1 amide bonds. The summed E-state index contributed by atoms with van der Waals surface area (Å²) < 4.78 is 0. The van der Waals surface area contributed by atoms with E-state index in [2.05, 4.69) is 11.9 Å². The Bertz CT molecular complexity index is 779. The van der Waals surface area contributed by atoms with Crippen LogP contribution in [-0.4, -0.2) is 34.0 Å². The van der Waals surface area contributed by atoms with Crippen LogP contribution in [0, 0.1) is 5.41 Å². The SMILES string of the molecule is CC1(CN(C[C@@H](O)c2cccnc2)C(=O)Cc2ccc(Cl)c(Cl)c2)CC1. The monoisotopic (exact) mass is 392 g/mol. The minimum Gasteiger partial charge on any atom is -0.386 e. The van der Waals surface area contributed by atoms with Crippen LogP contribution < -0.4 is 0 Å². The number of hydrogen-bond donors (Lipinski definition) is 1. The van der Waals surface area contributed by atoms with Gasteiger partial charge in [0.05, 0.1) is 29.1 Å². The smallest absolute Gasteiger partial charge is 0.227 e. The molecule has 1 fully saturated rings. The van der Waals surface area contributed by atoms with Gasteiger partial charge in [-0.25, -0.2) is 0 Å².